The van der Waals surface area contributed by atoms with Crippen LogP contribution in [0.4, 0.5) is 5.69 Å². The van der Waals surface area contributed by atoms with Crippen molar-refractivity contribution in [3.63, 3.8) is 0 Å². The fourth-order valence-electron chi connectivity index (χ4n) is 4.44. The number of fused-ring (bicyclic) bond motifs is 1. The largest absolute Gasteiger partial charge is 0.507 e. The lowest BCUT2D eigenvalue weighted by molar-refractivity contribution is -0.132. The molecule has 2 heterocycles. The van der Waals surface area contributed by atoms with Crippen LogP contribution in [0.1, 0.15) is 24.1 Å². The number of benzene rings is 3. The van der Waals surface area contributed by atoms with Gasteiger partial charge < -0.3 is 19.9 Å². The maximum atomic E-state index is 13.4. The second-order valence-electron chi connectivity index (χ2n) is 8.03. The minimum atomic E-state index is -0.995. The predicted molar refractivity (Wildman–Crippen MR) is 134 cm³/mol. The normalized spacial score (nSPS) is 17.3. The quantitative estimate of drug-likeness (QED) is 0.194. The molecule has 0 saturated carbocycles. The van der Waals surface area contributed by atoms with Crippen molar-refractivity contribution >= 4 is 45.6 Å². The number of hydrogen-bond donors (Lipinski definition) is 3. The van der Waals surface area contributed by atoms with Crippen LogP contribution >= 0.6 is 11.6 Å². The molecule has 0 spiro atoms. The number of aromatic nitrogens is 1. The molecule has 1 unspecified atom stereocenters. The lowest BCUT2D eigenvalue weighted by atomic mass is 9.94. The molecule has 1 atom stereocenters. The van der Waals surface area contributed by atoms with Crippen LogP contribution in [0.25, 0.3) is 16.7 Å². The van der Waals surface area contributed by atoms with Gasteiger partial charge >= 0.3 is 0 Å². The van der Waals surface area contributed by atoms with E-state index in [1.54, 1.807) is 43.5 Å². The zero-order chi connectivity index (χ0) is 24.7. The lowest BCUT2D eigenvalue weighted by Gasteiger charge is -2.25. The number of anilines is 1. The Morgan fingerprint density at radius 1 is 1.09 bits per heavy atom. The molecule has 1 aliphatic rings. The molecule has 3 N–H and O–H groups in total. The Labute approximate surface area is 205 Å². The van der Waals surface area contributed by atoms with Crippen LogP contribution in [-0.4, -0.2) is 33.5 Å². The van der Waals surface area contributed by atoms with Gasteiger partial charge in [0, 0.05) is 28.2 Å². The van der Waals surface area contributed by atoms with E-state index in [0.29, 0.717) is 22.9 Å². The Bertz CT molecular complexity index is 1510. The van der Waals surface area contributed by atoms with Crippen molar-refractivity contribution in [1.82, 2.24) is 4.98 Å². The maximum absolute atomic E-state index is 13.4. The number of aliphatic hydroxyl groups is 1. The van der Waals surface area contributed by atoms with Crippen LogP contribution in [0.2, 0.25) is 5.02 Å². The lowest BCUT2D eigenvalue weighted by Crippen LogP contribution is -2.29. The van der Waals surface area contributed by atoms with E-state index in [-0.39, 0.29) is 28.3 Å². The Balaban J connectivity index is 1.78. The molecular weight excluding hydrogens is 468 g/mol. The topological polar surface area (TPSA) is 103 Å². The molecule has 1 aromatic heterocycles. The number of ether oxygens (including phenoxy) is 1. The van der Waals surface area contributed by atoms with E-state index in [1.807, 2.05) is 24.3 Å². The molecule has 176 valence electrons. The van der Waals surface area contributed by atoms with Crippen molar-refractivity contribution in [2.75, 3.05) is 11.5 Å². The van der Waals surface area contributed by atoms with Crippen molar-refractivity contribution in [3.8, 4) is 11.5 Å². The van der Waals surface area contributed by atoms with E-state index in [4.69, 9.17) is 16.3 Å². The number of nitrogens with zero attached hydrogens (tertiary/aromatic N) is 1. The van der Waals surface area contributed by atoms with Crippen molar-refractivity contribution < 1.29 is 24.5 Å². The van der Waals surface area contributed by atoms with E-state index < -0.39 is 17.7 Å². The SMILES string of the molecule is CCOc1cc(/C(O)=C2\C(=O)C(=O)N(c3ccccc3O)C2c2c[nH]c3ccccc23)ccc1Cl. The molecule has 3 aromatic carbocycles. The van der Waals surface area contributed by atoms with E-state index in [0.717, 1.165) is 10.9 Å². The number of carbonyl (C=O) groups excluding carboxylic acids is 2. The average Bonchev–Trinajstić information content (AvgIpc) is 3.39. The molecule has 35 heavy (non-hydrogen) atoms. The van der Waals surface area contributed by atoms with Crippen LogP contribution in [0.3, 0.4) is 0 Å². The smallest absolute Gasteiger partial charge is 0.300 e. The van der Waals surface area contributed by atoms with Gasteiger partial charge in [-0.05, 0) is 43.3 Å². The molecule has 1 fully saturated rings. The highest BCUT2D eigenvalue weighted by Gasteiger charge is 2.48. The molecule has 4 aromatic rings. The minimum Gasteiger partial charge on any atom is -0.507 e. The summed E-state index contributed by atoms with van der Waals surface area (Å²) in [5, 5.41) is 23.1. The number of H-pyrrole nitrogens is 1. The van der Waals surface area contributed by atoms with Crippen LogP contribution in [0.5, 0.6) is 11.5 Å². The summed E-state index contributed by atoms with van der Waals surface area (Å²) in [5.74, 6) is -1.91. The Hall–Kier alpha value is -4.23. The van der Waals surface area contributed by atoms with E-state index in [1.165, 1.54) is 17.0 Å². The first-order valence-corrected chi connectivity index (χ1v) is 11.4. The molecule has 0 bridgehead atoms. The number of nitrogens with one attached hydrogen (secondary N) is 1. The predicted octanol–water partition coefficient (Wildman–Crippen LogP) is 5.55. The summed E-state index contributed by atoms with van der Waals surface area (Å²) >= 11 is 6.20. The van der Waals surface area contributed by atoms with Crippen LogP contribution < -0.4 is 9.64 Å². The minimum absolute atomic E-state index is 0.104. The summed E-state index contributed by atoms with van der Waals surface area (Å²) in [5.41, 5.74) is 1.74. The van der Waals surface area contributed by atoms with Gasteiger partial charge in [0.1, 0.15) is 17.3 Å². The van der Waals surface area contributed by atoms with Gasteiger partial charge in [0.05, 0.1) is 28.9 Å². The Kier molecular flexibility index (Phi) is 5.70. The Morgan fingerprint density at radius 3 is 2.60 bits per heavy atom. The monoisotopic (exact) mass is 488 g/mol. The standard InChI is InChI=1S/C27H21ClN2O5/c1-2-35-22-13-15(11-12-18(22)28)25(32)23-24(17-14-29-19-8-4-3-7-16(17)19)30(27(34)26(23)33)20-9-5-6-10-21(20)31/h3-14,24,29,31-32H,2H2,1H3/b25-23+. The third kappa shape index (κ3) is 3.70. The number of phenolic OH excluding ortho intramolecular Hbond substituents is 1. The van der Waals surface area contributed by atoms with Gasteiger partial charge in [-0.3, -0.25) is 14.5 Å². The average molecular weight is 489 g/mol. The third-order valence-corrected chi connectivity index (χ3v) is 6.32. The van der Waals surface area contributed by atoms with Gasteiger partial charge in [-0.2, -0.15) is 0 Å². The summed E-state index contributed by atoms with van der Waals surface area (Å²) in [6, 6.07) is 17.4. The molecule has 8 heteroatoms. The number of halogens is 1. The van der Waals surface area contributed by atoms with Crippen LogP contribution in [-0.2, 0) is 9.59 Å². The summed E-state index contributed by atoms with van der Waals surface area (Å²) in [7, 11) is 0. The number of ketones is 1. The number of hydrogen-bond acceptors (Lipinski definition) is 5. The number of rotatable bonds is 5. The van der Waals surface area contributed by atoms with Gasteiger partial charge in [0.2, 0.25) is 0 Å². The number of amides is 1. The first kappa shape index (κ1) is 22.6. The fourth-order valence-corrected chi connectivity index (χ4v) is 4.61. The third-order valence-electron chi connectivity index (χ3n) is 6.01. The second kappa shape index (κ2) is 8.85. The van der Waals surface area contributed by atoms with Crippen LogP contribution in [0, 0.1) is 0 Å². The summed E-state index contributed by atoms with van der Waals surface area (Å²) in [6.45, 7) is 2.16. The molecule has 1 aliphatic heterocycles. The number of aliphatic hydroxyl groups excluding tert-OH is 1. The van der Waals surface area contributed by atoms with Gasteiger partial charge in [0.25, 0.3) is 11.7 Å². The molecule has 1 amide bonds. The van der Waals surface area contributed by atoms with Gasteiger partial charge in [-0.25, -0.2) is 0 Å². The highest BCUT2D eigenvalue weighted by atomic mass is 35.5. The molecule has 7 nitrogen and oxygen atoms in total. The van der Waals surface area contributed by atoms with Gasteiger partial charge in [-0.1, -0.05) is 41.9 Å². The zero-order valence-corrected chi connectivity index (χ0v) is 19.4. The van der Waals surface area contributed by atoms with Crippen molar-refractivity contribution in [2.24, 2.45) is 0 Å². The molecule has 5 rings (SSSR count). The highest BCUT2D eigenvalue weighted by molar-refractivity contribution is 6.52. The molecule has 0 radical (unpaired) electrons. The first-order valence-electron chi connectivity index (χ1n) is 11.0. The fraction of sp³-hybridized carbons (Fsp3) is 0.111. The van der Waals surface area contributed by atoms with Crippen molar-refractivity contribution in [3.05, 3.63) is 94.6 Å². The summed E-state index contributed by atoms with van der Waals surface area (Å²) < 4.78 is 5.54. The van der Waals surface area contributed by atoms with Crippen LogP contribution in [0.15, 0.2) is 78.5 Å². The maximum Gasteiger partial charge on any atom is 0.300 e. The highest BCUT2D eigenvalue weighted by Crippen LogP contribution is 2.46. The number of para-hydroxylation sites is 3. The van der Waals surface area contributed by atoms with Gasteiger partial charge in [0.15, 0.2) is 0 Å². The van der Waals surface area contributed by atoms with Crippen molar-refractivity contribution in [2.45, 2.75) is 13.0 Å². The number of aromatic amines is 1. The Morgan fingerprint density at radius 2 is 1.83 bits per heavy atom. The number of carbonyl (C=O) groups is 2. The first-order chi connectivity index (χ1) is 16.9. The summed E-state index contributed by atoms with van der Waals surface area (Å²) in [4.78, 5) is 31.1. The zero-order valence-electron chi connectivity index (χ0n) is 18.7. The number of phenols is 1. The number of aromatic hydroxyl groups is 1. The second-order valence-corrected chi connectivity index (χ2v) is 8.43. The molecule has 1 saturated heterocycles. The molecule has 0 aliphatic carbocycles. The number of Topliss-reactive ketones (excluding diaryl/α,β-unsaturated/α-hetero) is 1. The van der Waals surface area contributed by atoms with E-state index in [9.17, 15) is 19.8 Å². The van der Waals surface area contributed by atoms with E-state index in [2.05, 4.69) is 4.98 Å². The van der Waals surface area contributed by atoms with E-state index >= 15 is 0 Å². The van der Waals surface area contributed by atoms with Gasteiger partial charge in [-0.15, -0.1) is 0 Å². The summed E-state index contributed by atoms with van der Waals surface area (Å²) in [6.07, 6.45) is 1.70. The molecular formula is C27H21ClN2O5. The van der Waals surface area contributed by atoms with Crippen molar-refractivity contribution in [1.29, 1.82) is 0 Å².